The molecule has 0 aromatic carbocycles. The van der Waals surface area contributed by atoms with E-state index in [-0.39, 0.29) is 18.2 Å². The van der Waals surface area contributed by atoms with Crippen LogP contribution in [-0.2, 0) is 9.53 Å². The number of hydrogen-bond acceptors (Lipinski definition) is 3. The third kappa shape index (κ3) is 4.91. The lowest BCUT2D eigenvalue weighted by Crippen LogP contribution is -2.42. The Hall–Kier alpha value is -1.30. The monoisotopic (exact) mass is 258 g/mol. The van der Waals surface area contributed by atoms with E-state index >= 15 is 0 Å². The van der Waals surface area contributed by atoms with E-state index in [2.05, 4.69) is 10.6 Å². The molecule has 2 amide bonds. The number of amides is 2. The van der Waals surface area contributed by atoms with Crippen LogP contribution in [0.2, 0.25) is 0 Å². The van der Waals surface area contributed by atoms with Crippen LogP contribution in [0.15, 0.2) is 0 Å². The maximum atomic E-state index is 11.5. The summed E-state index contributed by atoms with van der Waals surface area (Å²) in [5.74, 6) is -1.27. The Bertz CT molecular complexity index is 296. The van der Waals surface area contributed by atoms with Crippen LogP contribution in [0.3, 0.4) is 0 Å². The lowest BCUT2D eigenvalue weighted by atomic mass is 10.1. The molecule has 0 aromatic rings. The first-order valence-corrected chi connectivity index (χ1v) is 6.33. The highest BCUT2D eigenvalue weighted by Gasteiger charge is 2.25. The molecule has 0 aliphatic heterocycles. The summed E-state index contributed by atoms with van der Waals surface area (Å²) in [6.45, 7) is 2.00. The van der Waals surface area contributed by atoms with Crippen LogP contribution in [0.1, 0.15) is 32.6 Å². The van der Waals surface area contributed by atoms with Crippen molar-refractivity contribution in [3.05, 3.63) is 0 Å². The fraction of sp³-hybridized carbons (Fsp3) is 0.833. The minimum atomic E-state index is -0.837. The summed E-state index contributed by atoms with van der Waals surface area (Å²) in [6, 6.07) is -0.0683. The molecule has 104 valence electrons. The van der Waals surface area contributed by atoms with E-state index in [0.29, 0.717) is 13.0 Å². The van der Waals surface area contributed by atoms with Crippen LogP contribution in [0.4, 0.5) is 4.79 Å². The second-order valence-corrected chi connectivity index (χ2v) is 4.80. The van der Waals surface area contributed by atoms with Gasteiger partial charge in [0.1, 0.15) is 0 Å². The number of methoxy groups -OCH3 is 1. The first kappa shape index (κ1) is 14.8. The molecule has 3 unspecified atom stereocenters. The average Bonchev–Trinajstić information content (AvgIpc) is 2.76. The summed E-state index contributed by atoms with van der Waals surface area (Å²) in [4.78, 5) is 22.1. The van der Waals surface area contributed by atoms with Gasteiger partial charge in [-0.1, -0.05) is 6.92 Å². The third-order valence-electron chi connectivity index (χ3n) is 3.34. The lowest BCUT2D eigenvalue weighted by molar-refractivity contribution is -0.141. The molecule has 0 aromatic heterocycles. The summed E-state index contributed by atoms with van der Waals surface area (Å²) >= 11 is 0. The summed E-state index contributed by atoms with van der Waals surface area (Å²) in [5, 5.41) is 14.2. The Balaban J connectivity index is 2.13. The molecule has 1 rings (SSSR count). The largest absolute Gasteiger partial charge is 0.481 e. The molecule has 0 heterocycles. The van der Waals surface area contributed by atoms with Gasteiger partial charge in [0, 0.05) is 19.7 Å². The van der Waals surface area contributed by atoms with E-state index in [9.17, 15) is 9.59 Å². The number of carbonyl (C=O) groups is 2. The fourth-order valence-corrected chi connectivity index (χ4v) is 2.05. The molecular weight excluding hydrogens is 236 g/mol. The van der Waals surface area contributed by atoms with Crippen LogP contribution in [0.5, 0.6) is 0 Å². The Morgan fingerprint density at radius 1 is 1.44 bits per heavy atom. The molecule has 3 atom stereocenters. The van der Waals surface area contributed by atoms with Crippen LogP contribution in [-0.4, -0.2) is 42.9 Å². The third-order valence-corrected chi connectivity index (χ3v) is 3.34. The van der Waals surface area contributed by atoms with Gasteiger partial charge < -0.3 is 20.5 Å². The van der Waals surface area contributed by atoms with E-state index in [1.807, 2.05) is 0 Å². The molecule has 3 N–H and O–H groups in total. The van der Waals surface area contributed by atoms with Gasteiger partial charge in [-0.15, -0.1) is 0 Å². The molecule has 1 aliphatic carbocycles. The quantitative estimate of drug-likeness (QED) is 0.662. The van der Waals surface area contributed by atoms with Gasteiger partial charge in [-0.3, -0.25) is 4.79 Å². The highest BCUT2D eigenvalue weighted by atomic mass is 16.5. The maximum absolute atomic E-state index is 11.5. The van der Waals surface area contributed by atoms with Crippen LogP contribution in [0.25, 0.3) is 0 Å². The van der Waals surface area contributed by atoms with Gasteiger partial charge >= 0.3 is 12.0 Å². The summed E-state index contributed by atoms with van der Waals surface area (Å²) in [6.07, 6.45) is 3.42. The number of rotatable bonds is 6. The Labute approximate surface area is 107 Å². The Morgan fingerprint density at radius 3 is 2.72 bits per heavy atom. The van der Waals surface area contributed by atoms with E-state index in [1.54, 1.807) is 14.0 Å². The van der Waals surface area contributed by atoms with Gasteiger partial charge in [0.05, 0.1) is 12.0 Å². The number of ether oxygens (including phenoxy) is 1. The van der Waals surface area contributed by atoms with Crippen molar-refractivity contribution in [3.63, 3.8) is 0 Å². The van der Waals surface area contributed by atoms with Crippen molar-refractivity contribution in [2.24, 2.45) is 5.92 Å². The van der Waals surface area contributed by atoms with Crippen molar-refractivity contribution in [3.8, 4) is 0 Å². The molecule has 0 radical (unpaired) electrons. The van der Waals surface area contributed by atoms with Crippen molar-refractivity contribution < 1.29 is 19.4 Å². The number of aliphatic carboxylic acids is 1. The smallest absolute Gasteiger partial charge is 0.315 e. The zero-order valence-corrected chi connectivity index (χ0v) is 10.9. The minimum absolute atomic E-state index is 0.159. The predicted octanol–water partition coefficient (Wildman–Crippen LogP) is 0.964. The van der Waals surface area contributed by atoms with Crippen molar-refractivity contribution in [1.82, 2.24) is 10.6 Å². The average molecular weight is 258 g/mol. The molecule has 1 fully saturated rings. The first-order chi connectivity index (χ1) is 8.52. The molecule has 6 heteroatoms. The predicted molar refractivity (Wildman–Crippen MR) is 66.4 cm³/mol. The number of carboxylic acids is 1. The Morgan fingerprint density at radius 2 is 2.17 bits per heavy atom. The fourth-order valence-electron chi connectivity index (χ4n) is 2.05. The van der Waals surface area contributed by atoms with E-state index in [1.165, 1.54) is 0 Å². The number of hydrogen-bond donors (Lipinski definition) is 3. The lowest BCUT2D eigenvalue weighted by Gasteiger charge is -2.14. The van der Waals surface area contributed by atoms with Gasteiger partial charge in [0.25, 0.3) is 0 Å². The SMILES string of the molecule is COC1CCC(NC(=O)NCCC(C)C(=O)O)C1. The minimum Gasteiger partial charge on any atom is -0.481 e. The molecule has 1 saturated carbocycles. The van der Waals surface area contributed by atoms with Gasteiger partial charge in [0.15, 0.2) is 0 Å². The summed E-state index contributed by atoms with van der Waals surface area (Å²) in [5.41, 5.74) is 0. The molecule has 0 bridgehead atoms. The van der Waals surface area contributed by atoms with Crippen molar-refractivity contribution in [2.75, 3.05) is 13.7 Å². The van der Waals surface area contributed by atoms with Crippen molar-refractivity contribution >= 4 is 12.0 Å². The maximum Gasteiger partial charge on any atom is 0.315 e. The summed E-state index contributed by atoms with van der Waals surface area (Å²) in [7, 11) is 1.68. The van der Waals surface area contributed by atoms with Gasteiger partial charge in [-0.05, 0) is 25.7 Å². The molecule has 6 nitrogen and oxygen atoms in total. The van der Waals surface area contributed by atoms with E-state index in [0.717, 1.165) is 19.3 Å². The summed E-state index contributed by atoms with van der Waals surface area (Å²) < 4.78 is 5.22. The molecule has 0 spiro atoms. The number of carbonyl (C=O) groups excluding carboxylic acids is 1. The molecule has 1 aliphatic rings. The van der Waals surface area contributed by atoms with E-state index < -0.39 is 11.9 Å². The van der Waals surface area contributed by atoms with Crippen LogP contribution in [0, 0.1) is 5.92 Å². The first-order valence-electron chi connectivity index (χ1n) is 6.33. The molecule has 0 saturated heterocycles. The van der Waals surface area contributed by atoms with Crippen LogP contribution < -0.4 is 10.6 Å². The van der Waals surface area contributed by atoms with E-state index in [4.69, 9.17) is 9.84 Å². The second-order valence-electron chi connectivity index (χ2n) is 4.80. The standard InChI is InChI=1S/C12H22N2O4/c1-8(11(15)16)5-6-13-12(17)14-9-3-4-10(7-9)18-2/h8-10H,3-7H2,1-2H3,(H,15,16)(H2,13,14,17). The van der Waals surface area contributed by atoms with Crippen molar-refractivity contribution in [1.29, 1.82) is 0 Å². The Kier molecular flexibility index (Phi) is 5.91. The van der Waals surface area contributed by atoms with Crippen LogP contribution >= 0.6 is 0 Å². The van der Waals surface area contributed by atoms with Gasteiger partial charge in [-0.2, -0.15) is 0 Å². The second kappa shape index (κ2) is 7.20. The zero-order chi connectivity index (χ0) is 13.5. The molecule has 18 heavy (non-hydrogen) atoms. The highest BCUT2D eigenvalue weighted by molar-refractivity contribution is 5.74. The zero-order valence-electron chi connectivity index (χ0n) is 10.9. The number of nitrogens with one attached hydrogen (secondary N) is 2. The van der Waals surface area contributed by atoms with Gasteiger partial charge in [0.2, 0.25) is 0 Å². The number of carboxylic acid groups (broad SMARTS) is 1. The topological polar surface area (TPSA) is 87.7 Å². The van der Waals surface area contributed by atoms with Gasteiger partial charge in [-0.25, -0.2) is 4.79 Å². The number of urea groups is 1. The normalized spacial score (nSPS) is 24.6. The van der Waals surface area contributed by atoms with Crippen molar-refractivity contribution in [2.45, 2.75) is 44.8 Å². The molecular formula is C12H22N2O4. The highest BCUT2D eigenvalue weighted by Crippen LogP contribution is 2.21.